The van der Waals surface area contributed by atoms with Gasteiger partial charge >= 0.3 is 5.69 Å². The number of rotatable bonds is 4. The molecule has 1 aliphatic heterocycles. The third-order valence-electron chi connectivity index (χ3n) is 3.12. The van der Waals surface area contributed by atoms with Crippen molar-refractivity contribution < 1.29 is 14.4 Å². The summed E-state index contributed by atoms with van der Waals surface area (Å²) < 4.78 is 10.5. The average Bonchev–Trinajstić information content (AvgIpc) is 2.46. The van der Waals surface area contributed by atoms with E-state index in [-0.39, 0.29) is 29.5 Å². The largest absolute Gasteiger partial charge is 0.476 e. The lowest BCUT2D eigenvalue weighted by Gasteiger charge is -2.35. The summed E-state index contributed by atoms with van der Waals surface area (Å²) in [4.78, 5) is 20.3. The minimum atomic E-state index is -0.537. The molecule has 0 radical (unpaired) electrons. The summed E-state index contributed by atoms with van der Waals surface area (Å²) in [6.45, 7) is 3.22. The highest BCUT2D eigenvalue weighted by Gasteiger charge is 2.32. The van der Waals surface area contributed by atoms with E-state index in [1.165, 1.54) is 13.4 Å². The average molecular weight is 283 g/mol. The summed E-state index contributed by atoms with van der Waals surface area (Å²) in [5.74, 6) is 0.180. The van der Waals surface area contributed by atoms with Crippen molar-refractivity contribution in [1.29, 1.82) is 0 Å². The summed E-state index contributed by atoms with van der Waals surface area (Å²) >= 11 is 0. The van der Waals surface area contributed by atoms with E-state index in [0.717, 1.165) is 0 Å². The number of morpholine rings is 1. The maximum atomic E-state index is 11.2. The van der Waals surface area contributed by atoms with Gasteiger partial charge in [-0.15, -0.1) is 0 Å². The molecule has 0 spiro atoms. The van der Waals surface area contributed by atoms with Crippen LogP contribution in [-0.4, -0.2) is 53.8 Å². The smallest absolute Gasteiger partial charge is 0.372 e. The maximum Gasteiger partial charge on any atom is 0.372 e. The first-order valence-corrected chi connectivity index (χ1v) is 6.20. The van der Waals surface area contributed by atoms with Gasteiger partial charge in [-0.05, 0) is 6.92 Å². The van der Waals surface area contributed by atoms with E-state index in [2.05, 4.69) is 9.97 Å². The molecule has 2 N–H and O–H groups in total. The molecular formula is C11H17N5O4. The lowest BCUT2D eigenvalue weighted by molar-refractivity contribution is -0.385. The SMILES string of the molecule is COc1ncnc(N2CCOC(C(C)N)C2)c1[N+](=O)[O-]. The van der Waals surface area contributed by atoms with Crippen LogP contribution in [0.1, 0.15) is 6.92 Å². The molecule has 2 heterocycles. The molecule has 1 saturated heterocycles. The molecular weight excluding hydrogens is 266 g/mol. The lowest BCUT2D eigenvalue weighted by atomic mass is 10.1. The molecule has 1 aromatic heterocycles. The zero-order valence-electron chi connectivity index (χ0n) is 11.4. The summed E-state index contributed by atoms with van der Waals surface area (Å²) in [7, 11) is 1.34. The van der Waals surface area contributed by atoms with Gasteiger partial charge in [-0.2, -0.15) is 4.98 Å². The minimum absolute atomic E-state index is 0.0520. The van der Waals surface area contributed by atoms with Crippen molar-refractivity contribution >= 4 is 11.5 Å². The molecule has 110 valence electrons. The van der Waals surface area contributed by atoms with Crippen LogP contribution in [0.2, 0.25) is 0 Å². The second kappa shape index (κ2) is 5.97. The molecule has 9 heteroatoms. The van der Waals surface area contributed by atoms with Crippen LogP contribution in [0.4, 0.5) is 11.5 Å². The monoisotopic (exact) mass is 283 g/mol. The third kappa shape index (κ3) is 2.78. The van der Waals surface area contributed by atoms with Crippen LogP contribution in [0.5, 0.6) is 5.88 Å². The van der Waals surface area contributed by atoms with Gasteiger partial charge in [0, 0.05) is 19.1 Å². The zero-order valence-corrected chi connectivity index (χ0v) is 11.4. The first-order valence-electron chi connectivity index (χ1n) is 6.20. The van der Waals surface area contributed by atoms with Crippen LogP contribution in [0.25, 0.3) is 0 Å². The Hall–Kier alpha value is -2.00. The standard InChI is InChI=1S/C11H17N5O4/c1-7(12)8-5-15(3-4-20-8)10-9(16(17)18)11(19-2)14-6-13-10/h6-8H,3-5,12H2,1-2H3. The molecule has 0 saturated carbocycles. The predicted molar refractivity (Wildman–Crippen MR) is 70.8 cm³/mol. The number of nitrogens with zero attached hydrogens (tertiary/aromatic N) is 4. The number of aromatic nitrogens is 2. The molecule has 0 bridgehead atoms. The van der Waals surface area contributed by atoms with Crippen LogP contribution in [0.15, 0.2) is 6.33 Å². The van der Waals surface area contributed by atoms with Gasteiger partial charge < -0.3 is 20.1 Å². The molecule has 1 fully saturated rings. The Morgan fingerprint density at radius 2 is 2.40 bits per heavy atom. The molecule has 1 aromatic rings. The lowest BCUT2D eigenvalue weighted by Crippen LogP contribution is -2.50. The Bertz CT molecular complexity index is 496. The number of hydrogen-bond donors (Lipinski definition) is 1. The maximum absolute atomic E-state index is 11.2. The van der Waals surface area contributed by atoms with Crippen LogP contribution in [-0.2, 0) is 4.74 Å². The molecule has 2 rings (SSSR count). The van der Waals surface area contributed by atoms with Crippen molar-refractivity contribution in [2.45, 2.75) is 19.1 Å². The van der Waals surface area contributed by atoms with Gasteiger partial charge in [0.15, 0.2) is 0 Å². The Morgan fingerprint density at radius 1 is 1.65 bits per heavy atom. The first kappa shape index (κ1) is 14.4. The van der Waals surface area contributed by atoms with Crippen molar-refractivity contribution in [1.82, 2.24) is 9.97 Å². The molecule has 1 aliphatic rings. The van der Waals surface area contributed by atoms with Gasteiger partial charge in [0.2, 0.25) is 5.82 Å². The number of methoxy groups -OCH3 is 1. The fourth-order valence-corrected chi connectivity index (χ4v) is 2.08. The van der Waals surface area contributed by atoms with Crippen LogP contribution >= 0.6 is 0 Å². The third-order valence-corrected chi connectivity index (χ3v) is 3.12. The van der Waals surface area contributed by atoms with E-state index in [0.29, 0.717) is 19.7 Å². The number of hydrogen-bond acceptors (Lipinski definition) is 8. The van der Waals surface area contributed by atoms with Crippen LogP contribution < -0.4 is 15.4 Å². The van der Waals surface area contributed by atoms with Gasteiger partial charge in [0.1, 0.15) is 6.33 Å². The van der Waals surface area contributed by atoms with Crippen LogP contribution in [0.3, 0.4) is 0 Å². The molecule has 0 aromatic carbocycles. The summed E-state index contributed by atoms with van der Waals surface area (Å²) in [6, 6.07) is -0.166. The van der Waals surface area contributed by atoms with Crippen LogP contribution in [0, 0.1) is 10.1 Å². The second-order valence-corrected chi connectivity index (χ2v) is 4.53. The van der Waals surface area contributed by atoms with Gasteiger partial charge in [-0.1, -0.05) is 0 Å². The van der Waals surface area contributed by atoms with E-state index < -0.39 is 4.92 Å². The second-order valence-electron chi connectivity index (χ2n) is 4.53. The quantitative estimate of drug-likeness (QED) is 0.603. The highest BCUT2D eigenvalue weighted by Crippen LogP contribution is 2.33. The molecule has 2 atom stereocenters. The van der Waals surface area contributed by atoms with Crippen molar-refractivity contribution in [2.75, 3.05) is 31.7 Å². The Labute approximate surface area is 115 Å². The molecule has 0 aliphatic carbocycles. The van der Waals surface area contributed by atoms with Crippen molar-refractivity contribution in [3.8, 4) is 5.88 Å². The van der Waals surface area contributed by atoms with E-state index in [4.69, 9.17) is 15.2 Å². The fraction of sp³-hybridized carbons (Fsp3) is 0.636. The van der Waals surface area contributed by atoms with Crippen molar-refractivity contribution in [3.63, 3.8) is 0 Å². The normalized spacial score (nSPS) is 20.6. The van der Waals surface area contributed by atoms with E-state index in [1.54, 1.807) is 4.90 Å². The van der Waals surface area contributed by atoms with E-state index >= 15 is 0 Å². The fourth-order valence-electron chi connectivity index (χ4n) is 2.08. The molecule has 0 amide bonds. The number of nitro groups is 1. The first-order chi connectivity index (χ1) is 9.54. The Morgan fingerprint density at radius 3 is 3.00 bits per heavy atom. The predicted octanol–water partition coefficient (Wildman–Crippen LogP) is -0.0542. The summed E-state index contributed by atoms with van der Waals surface area (Å²) in [6.07, 6.45) is 1.06. The van der Waals surface area contributed by atoms with Gasteiger partial charge in [0.05, 0.1) is 24.7 Å². The van der Waals surface area contributed by atoms with E-state index in [1.807, 2.05) is 6.92 Å². The van der Waals surface area contributed by atoms with Crippen molar-refractivity contribution in [2.24, 2.45) is 5.73 Å². The summed E-state index contributed by atoms with van der Waals surface area (Å²) in [5, 5.41) is 11.2. The molecule has 9 nitrogen and oxygen atoms in total. The molecule has 2 unspecified atom stereocenters. The number of ether oxygens (including phenoxy) is 2. The van der Waals surface area contributed by atoms with E-state index in [9.17, 15) is 10.1 Å². The topological polar surface area (TPSA) is 117 Å². The van der Waals surface area contributed by atoms with Gasteiger partial charge in [-0.3, -0.25) is 10.1 Å². The highest BCUT2D eigenvalue weighted by atomic mass is 16.6. The van der Waals surface area contributed by atoms with Gasteiger partial charge in [0.25, 0.3) is 5.88 Å². The number of nitrogens with two attached hydrogens (primary N) is 1. The zero-order chi connectivity index (χ0) is 14.7. The molecule has 20 heavy (non-hydrogen) atoms. The van der Waals surface area contributed by atoms with Crippen molar-refractivity contribution in [3.05, 3.63) is 16.4 Å². The number of anilines is 1. The minimum Gasteiger partial charge on any atom is -0.476 e. The Kier molecular flexibility index (Phi) is 4.30. The summed E-state index contributed by atoms with van der Waals surface area (Å²) in [5.41, 5.74) is 5.58. The Balaban J connectivity index is 2.34. The highest BCUT2D eigenvalue weighted by molar-refractivity contribution is 5.62. The van der Waals surface area contributed by atoms with Gasteiger partial charge in [-0.25, -0.2) is 4.98 Å².